The van der Waals surface area contributed by atoms with Gasteiger partial charge in [0.2, 0.25) is 5.69 Å². The van der Waals surface area contributed by atoms with Gasteiger partial charge < -0.3 is 9.47 Å². The molecule has 0 unspecified atom stereocenters. The summed E-state index contributed by atoms with van der Waals surface area (Å²) in [5.41, 5.74) is 2.37. The Morgan fingerprint density at radius 3 is 2.10 bits per heavy atom. The summed E-state index contributed by atoms with van der Waals surface area (Å²) >= 11 is 0. The molecule has 1 aromatic heterocycles. The molecule has 0 aliphatic carbocycles. The Balaban J connectivity index is 2.02. The lowest BCUT2D eigenvalue weighted by Crippen LogP contribution is -2.26. The van der Waals surface area contributed by atoms with Gasteiger partial charge in [0, 0.05) is 25.3 Å². The van der Waals surface area contributed by atoms with Crippen molar-refractivity contribution in [2.24, 2.45) is 0 Å². The highest BCUT2D eigenvalue weighted by atomic mass is 16.1. The minimum absolute atomic E-state index is 0.00910. The molecule has 0 N–H and O–H groups in total. The van der Waals surface area contributed by atoms with Crippen LogP contribution in [0, 0.1) is 11.3 Å². The summed E-state index contributed by atoms with van der Waals surface area (Å²) in [5.74, 6) is 0. The normalized spacial score (nSPS) is 11.0. The summed E-state index contributed by atoms with van der Waals surface area (Å²) in [6.45, 7) is 8.97. The van der Waals surface area contributed by atoms with Gasteiger partial charge in [-0.15, -0.1) is 0 Å². The topological polar surface area (TPSA) is 61.9 Å². The summed E-state index contributed by atoms with van der Waals surface area (Å²) in [6, 6.07) is 7.98. The molecule has 0 radical (unpaired) electrons. The van der Waals surface area contributed by atoms with E-state index in [1.54, 1.807) is 4.57 Å². The second-order valence-electron chi connectivity index (χ2n) is 8.06. The average molecular weight is 411 g/mol. The molecule has 0 spiro atoms. The first-order valence-corrected chi connectivity index (χ1v) is 11.9. The van der Waals surface area contributed by atoms with E-state index in [9.17, 15) is 10.1 Å². The molecule has 2 aromatic rings. The van der Waals surface area contributed by atoms with Crippen LogP contribution >= 0.6 is 0 Å². The van der Waals surface area contributed by atoms with E-state index in [0.717, 1.165) is 37.1 Å². The molecule has 0 amide bonds. The van der Waals surface area contributed by atoms with Crippen molar-refractivity contribution in [3.8, 4) is 6.07 Å². The Morgan fingerprint density at radius 1 is 0.933 bits per heavy atom. The lowest BCUT2D eigenvalue weighted by atomic mass is 10.1. The number of anilines is 1. The van der Waals surface area contributed by atoms with Gasteiger partial charge in [-0.3, -0.25) is 4.79 Å². The molecule has 30 heavy (non-hydrogen) atoms. The Hall–Kier alpha value is -2.35. The van der Waals surface area contributed by atoms with E-state index in [0.29, 0.717) is 12.1 Å². The molecule has 5 nitrogen and oxygen atoms in total. The van der Waals surface area contributed by atoms with Crippen LogP contribution in [0.5, 0.6) is 0 Å². The molecule has 5 heteroatoms. The first-order chi connectivity index (χ1) is 14.7. The molecule has 0 saturated heterocycles. The van der Waals surface area contributed by atoms with Crippen LogP contribution in [0.15, 0.2) is 23.0 Å². The highest BCUT2D eigenvalue weighted by molar-refractivity contribution is 5.79. The Kier molecular flexibility index (Phi) is 10.4. The Bertz CT molecular complexity index is 877. The predicted octanol–water partition coefficient (Wildman–Crippen LogP) is 6.04. The van der Waals surface area contributed by atoms with E-state index >= 15 is 0 Å². The molecule has 0 aliphatic rings. The molecule has 164 valence electrons. The van der Waals surface area contributed by atoms with Gasteiger partial charge in [-0.05, 0) is 38.5 Å². The first-order valence-electron chi connectivity index (χ1n) is 11.9. The Morgan fingerprint density at radius 2 is 1.53 bits per heavy atom. The second kappa shape index (κ2) is 13.1. The highest BCUT2D eigenvalue weighted by Crippen LogP contribution is 2.21. The minimum Gasteiger partial charge on any atom is -0.372 e. The third-order valence-corrected chi connectivity index (χ3v) is 5.90. The molecular formula is C25H38N4O. The molecule has 1 aromatic carbocycles. The summed E-state index contributed by atoms with van der Waals surface area (Å²) in [5, 5.41) is 9.33. The predicted molar refractivity (Wildman–Crippen MR) is 126 cm³/mol. The second-order valence-corrected chi connectivity index (χ2v) is 8.06. The van der Waals surface area contributed by atoms with Gasteiger partial charge in [-0.25, -0.2) is 4.98 Å². The lowest BCUT2D eigenvalue weighted by molar-refractivity contribution is 0.534. The summed E-state index contributed by atoms with van der Waals surface area (Å²) in [6.07, 6.45) is 12.6. The average Bonchev–Trinajstić information content (AvgIpc) is 2.77. The molecule has 2 rings (SSSR count). The van der Waals surface area contributed by atoms with Gasteiger partial charge in [0.25, 0.3) is 5.56 Å². The van der Waals surface area contributed by atoms with Crippen LogP contribution in [-0.2, 0) is 6.54 Å². The highest BCUT2D eigenvalue weighted by Gasteiger charge is 2.12. The van der Waals surface area contributed by atoms with E-state index in [1.165, 1.54) is 51.4 Å². The molecule has 0 bridgehead atoms. The summed E-state index contributed by atoms with van der Waals surface area (Å²) in [7, 11) is 0. The third kappa shape index (κ3) is 6.58. The minimum atomic E-state index is -0.266. The SMILES string of the molecule is CCCCCCCCCCCCn1c(=O)c(C#N)nc2ccc(N(CC)CC)cc21. The molecule has 0 atom stereocenters. The zero-order valence-corrected chi connectivity index (χ0v) is 19.1. The smallest absolute Gasteiger partial charge is 0.287 e. The monoisotopic (exact) mass is 410 g/mol. The van der Waals surface area contributed by atoms with Crippen molar-refractivity contribution >= 4 is 16.7 Å². The Labute approximate surface area is 181 Å². The van der Waals surface area contributed by atoms with E-state index in [4.69, 9.17) is 0 Å². The van der Waals surface area contributed by atoms with Crippen LogP contribution in [0.25, 0.3) is 11.0 Å². The van der Waals surface area contributed by atoms with Crippen molar-refractivity contribution in [2.45, 2.75) is 91.5 Å². The fraction of sp³-hybridized carbons (Fsp3) is 0.640. The van der Waals surface area contributed by atoms with Gasteiger partial charge in [0.1, 0.15) is 6.07 Å². The maximum atomic E-state index is 12.8. The number of nitriles is 1. The van der Waals surface area contributed by atoms with Gasteiger partial charge in [0.05, 0.1) is 11.0 Å². The van der Waals surface area contributed by atoms with E-state index in [2.05, 4.69) is 30.7 Å². The van der Waals surface area contributed by atoms with Crippen molar-refractivity contribution in [3.05, 3.63) is 34.2 Å². The number of rotatable bonds is 14. The van der Waals surface area contributed by atoms with Crippen LogP contribution in [0.4, 0.5) is 5.69 Å². The number of hydrogen-bond acceptors (Lipinski definition) is 4. The van der Waals surface area contributed by atoms with Crippen LogP contribution in [0.1, 0.15) is 90.7 Å². The van der Waals surface area contributed by atoms with Gasteiger partial charge in [0.15, 0.2) is 0 Å². The number of fused-ring (bicyclic) bond motifs is 1. The summed E-state index contributed by atoms with van der Waals surface area (Å²) < 4.78 is 1.76. The van der Waals surface area contributed by atoms with Crippen LogP contribution in [0.3, 0.4) is 0 Å². The number of hydrogen-bond donors (Lipinski definition) is 0. The van der Waals surface area contributed by atoms with Crippen LogP contribution in [-0.4, -0.2) is 22.6 Å². The van der Waals surface area contributed by atoms with Gasteiger partial charge in [-0.1, -0.05) is 64.7 Å². The number of nitrogens with zero attached hydrogens (tertiary/aromatic N) is 4. The van der Waals surface area contributed by atoms with Crippen molar-refractivity contribution in [1.82, 2.24) is 9.55 Å². The van der Waals surface area contributed by atoms with Gasteiger partial charge in [-0.2, -0.15) is 5.26 Å². The molecule has 0 saturated carbocycles. The standard InChI is InChI=1S/C25H38N4O/c1-4-7-8-9-10-11-12-13-14-15-18-29-24-19-21(28(5-2)6-3)16-17-22(24)27-23(20-26)25(29)30/h16-17,19H,4-15,18H2,1-3H3. The van der Waals surface area contributed by atoms with Crippen LogP contribution in [0.2, 0.25) is 0 Å². The molecule has 0 aliphatic heterocycles. The fourth-order valence-corrected chi connectivity index (χ4v) is 4.07. The number of aryl methyl sites for hydroxylation is 1. The van der Waals surface area contributed by atoms with Crippen molar-refractivity contribution < 1.29 is 0 Å². The van der Waals surface area contributed by atoms with Crippen molar-refractivity contribution in [2.75, 3.05) is 18.0 Å². The molecule has 1 heterocycles. The van der Waals surface area contributed by atoms with Crippen LogP contribution < -0.4 is 10.5 Å². The number of benzene rings is 1. The zero-order valence-electron chi connectivity index (χ0n) is 19.1. The lowest BCUT2D eigenvalue weighted by Gasteiger charge is -2.22. The quantitative estimate of drug-likeness (QED) is 0.356. The largest absolute Gasteiger partial charge is 0.372 e. The van der Waals surface area contributed by atoms with Gasteiger partial charge >= 0.3 is 0 Å². The molecular weight excluding hydrogens is 372 g/mol. The van der Waals surface area contributed by atoms with E-state index in [1.807, 2.05) is 24.3 Å². The van der Waals surface area contributed by atoms with E-state index < -0.39 is 0 Å². The summed E-state index contributed by atoms with van der Waals surface area (Å²) in [4.78, 5) is 19.3. The number of aromatic nitrogens is 2. The maximum absolute atomic E-state index is 12.8. The van der Waals surface area contributed by atoms with Crippen molar-refractivity contribution in [1.29, 1.82) is 5.26 Å². The third-order valence-electron chi connectivity index (χ3n) is 5.90. The fourth-order valence-electron chi connectivity index (χ4n) is 4.07. The van der Waals surface area contributed by atoms with Crippen molar-refractivity contribution in [3.63, 3.8) is 0 Å². The zero-order chi connectivity index (χ0) is 21.8. The number of unbranched alkanes of at least 4 members (excludes halogenated alkanes) is 9. The maximum Gasteiger partial charge on any atom is 0.287 e. The van der Waals surface area contributed by atoms with E-state index in [-0.39, 0.29) is 11.3 Å². The first kappa shape index (κ1) is 23.9. The molecule has 0 fully saturated rings.